The highest BCUT2D eigenvalue weighted by molar-refractivity contribution is 5.98. The lowest BCUT2D eigenvalue weighted by Gasteiger charge is -2.40. The number of ether oxygens (including phenoxy) is 1. The SMILES string of the molecule is CNC(=O)C1CCN(c2cc3c(cc2C#N)N(c2cc(OC)cc4c2cc(C)c(=O)n4C)CCN3C)CC1. The van der Waals surface area contributed by atoms with E-state index in [1.807, 2.05) is 31.2 Å². The molecule has 198 valence electrons. The van der Waals surface area contributed by atoms with Crippen LogP contribution in [0.15, 0.2) is 35.1 Å². The van der Waals surface area contributed by atoms with Crippen LogP contribution in [0.3, 0.4) is 0 Å². The zero-order valence-corrected chi connectivity index (χ0v) is 22.7. The van der Waals surface area contributed by atoms with Crippen LogP contribution in [0, 0.1) is 24.2 Å². The van der Waals surface area contributed by atoms with E-state index in [1.165, 1.54) is 0 Å². The number of anilines is 4. The van der Waals surface area contributed by atoms with Crippen LogP contribution in [0.1, 0.15) is 24.0 Å². The summed E-state index contributed by atoms with van der Waals surface area (Å²) < 4.78 is 7.29. The highest BCUT2D eigenvalue weighted by Crippen LogP contribution is 2.44. The molecule has 2 aliphatic heterocycles. The molecule has 1 aromatic heterocycles. The summed E-state index contributed by atoms with van der Waals surface area (Å²) in [6.45, 7) is 4.80. The zero-order chi connectivity index (χ0) is 27.1. The van der Waals surface area contributed by atoms with Crippen molar-refractivity contribution in [3.05, 3.63) is 51.8 Å². The number of nitriles is 1. The van der Waals surface area contributed by atoms with Crippen molar-refractivity contribution >= 4 is 39.6 Å². The minimum Gasteiger partial charge on any atom is -0.497 e. The second-order valence-corrected chi connectivity index (χ2v) is 10.2. The number of carbonyl (C=O) groups is 1. The van der Waals surface area contributed by atoms with Crippen molar-refractivity contribution in [1.82, 2.24) is 9.88 Å². The van der Waals surface area contributed by atoms with Gasteiger partial charge in [0.15, 0.2) is 0 Å². The number of methoxy groups -OCH3 is 1. The monoisotopic (exact) mass is 514 g/mol. The number of hydrogen-bond donors (Lipinski definition) is 1. The first-order valence-corrected chi connectivity index (χ1v) is 13.0. The number of pyridine rings is 1. The molecule has 0 bridgehead atoms. The second kappa shape index (κ2) is 9.93. The van der Waals surface area contributed by atoms with Crippen molar-refractivity contribution in [2.45, 2.75) is 19.8 Å². The van der Waals surface area contributed by atoms with E-state index in [9.17, 15) is 14.9 Å². The number of aryl methyl sites for hydroxylation is 2. The molecule has 1 saturated heterocycles. The van der Waals surface area contributed by atoms with Crippen LogP contribution in [0.4, 0.5) is 22.7 Å². The van der Waals surface area contributed by atoms with Gasteiger partial charge in [0, 0.05) is 76.3 Å². The molecule has 1 fully saturated rings. The summed E-state index contributed by atoms with van der Waals surface area (Å²) in [6, 6.07) is 12.4. The molecule has 2 aromatic carbocycles. The second-order valence-electron chi connectivity index (χ2n) is 10.2. The summed E-state index contributed by atoms with van der Waals surface area (Å²) in [4.78, 5) is 31.5. The third-order valence-electron chi connectivity index (χ3n) is 8.03. The average Bonchev–Trinajstić information content (AvgIpc) is 2.95. The van der Waals surface area contributed by atoms with E-state index >= 15 is 0 Å². The number of nitrogens with zero attached hydrogens (tertiary/aromatic N) is 5. The minimum absolute atomic E-state index is 0.0124. The van der Waals surface area contributed by atoms with Crippen LogP contribution in [0.5, 0.6) is 5.75 Å². The van der Waals surface area contributed by atoms with Gasteiger partial charge in [-0.25, -0.2) is 0 Å². The predicted octanol–water partition coefficient (Wildman–Crippen LogP) is 3.28. The van der Waals surface area contributed by atoms with Gasteiger partial charge in [-0.15, -0.1) is 0 Å². The maximum Gasteiger partial charge on any atom is 0.253 e. The van der Waals surface area contributed by atoms with Gasteiger partial charge < -0.3 is 29.3 Å². The molecule has 0 spiro atoms. The molecule has 0 radical (unpaired) electrons. The molecule has 1 N–H and O–H groups in total. The Morgan fingerprint density at radius 2 is 1.74 bits per heavy atom. The van der Waals surface area contributed by atoms with E-state index < -0.39 is 0 Å². The Hall–Kier alpha value is -4.19. The highest BCUT2D eigenvalue weighted by atomic mass is 16.5. The van der Waals surface area contributed by atoms with Gasteiger partial charge in [-0.05, 0) is 38.0 Å². The molecule has 2 aliphatic rings. The molecule has 0 saturated carbocycles. The molecular formula is C29H34N6O3. The van der Waals surface area contributed by atoms with Gasteiger partial charge in [0.25, 0.3) is 5.56 Å². The Kier molecular flexibility index (Phi) is 6.66. The summed E-state index contributed by atoms with van der Waals surface area (Å²) >= 11 is 0. The van der Waals surface area contributed by atoms with Crippen LogP contribution in [0.2, 0.25) is 0 Å². The minimum atomic E-state index is -0.0351. The van der Waals surface area contributed by atoms with Crippen LogP contribution < -0.4 is 30.3 Å². The summed E-state index contributed by atoms with van der Waals surface area (Å²) in [5.74, 6) is 0.769. The fourth-order valence-electron chi connectivity index (χ4n) is 5.78. The first-order chi connectivity index (χ1) is 18.3. The topological polar surface area (TPSA) is 93.8 Å². The fourth-order valence-corrected chi connectivity index (χ4v) is 5.78. The van der Waals surface area contributed by atoms with Gasteiger partial charge in [-0.3, -0.25) is 9.59 Å². The first kappa shape index (κ1) is 25.5. The van der Waals surface area contributed by atoms with Gasteiger partial charge in [0.2, 0.25) is 5.91 Å². The molecule has 3 aromatic rings. The maximum atomic E-state index is 12.7. The molecule has 9 heteroatoms. The summed E-state index contributed by atoms with van der Waals surface area (Å²) in [5, 5.41) is 13.9. The Bertz CT molecular complexity index is 1510. The van der Waals surface area contributed by atoms with Gasteiger partial charge in [-0.2, -0.15) is 5.26 Å². The van der Waals surface area contributed by atoms with Crippen LogP contribution in [-0.4, -0.2) is 57.9 Å². The number of likely N-dealkylation sites (N-methyl/N-ethyl adjacent to an activating group) is 1. The number of fused-ring (bicyclic) bond motifs is 2. The first-order valence-electron chi connectivity index (χ1n) is 13.0. The quantitative estimate of drug-likeness (QED) is 0.571. The number of hydrogen-bond acceptors (Lipinski definition) is 7. The molecule has 0 atom stereocenters. The Labute approximate surface area is 222 Å². The summed E-state index contributed by atoms with van der Waals surface area (Å²) in [6.07, 6.45) is 1.52. The highest BCUT2D eigenvalue weighted by Gasteiger charge is 2.30. The number of amides is 1. The van der Waals surface area contributed by atoms with Crippen molar-refractivity contribution < 1.29 is 9.53 Å². The van der Waals surface area contributed by atoms with Crippen LogP contribution in [-0.2, 0) is 11.8 Å². The summed E-state index contributed by atoms with van der Waals surface area (Å²) in [7, 11) is 7.16. The van der Waals surface area contributed by atoms with E-state index in [2.05, 4.69) is 39.2 Å². The lowest BCUT2D eigenvalue weighted by atomic mass is 9.94. The third kappa shape index (κ3) is 4.20. The lowest BCUT2D eigenvalue weighted by Crippen LogP contribution is -2.40. The zero-order valence-electron chi connectivity index (χ0n) is 22.7. The van der Waals surface area contributed by atoms with Crippen molar-refractivity contribution in [3.8, 4) is 11.8 Å². The Balaban J connectivity index is 1.62. The number of aromatic nitrogens is 1. The number of benzene rings is 2. The van der Waals surface area contributed by atoms with Gasteiger partial charge in [-0.1, -0.05) is 0 Å². The van der Waals surface area contributed by atoms with E-state index in [1.54, 1.807) is 25.8 Å². The Morgan fingerprint density at radius 3 is 2.39 bits per heavy atom. The van der Waals surface area contributed by atoms with Crippen molar-refractivity contribution in [2.24, 2.45) is 13.0 Å². The lowest BCUT2D eigenvalue weighted by molar-refractivity contribution is -0.125. The van der Waals surface area contributed by atoms with Gasteiger partial charge in [0.05, 0.1) is 40.9 Å². The number of nitrogens with one attached hydrogen (secondary N) is 1. The van der Waals surface area contributed by atoms with E-state index in [0.29, 0.717) is 16.9 Å². The van der Waals surface area contributed by atoms with Crippen LogP contribution >= 0.6 is 0 Å². The van der Waals surface area contributed by atoms with E-state index in [0.717, 1.165) is 72.7 Å². The van der Waals surface area contributed by atoms with Crippen molar-refractivity contribution in [3.63, 3.8) is 0 Å². The Morgan fingerprint density at radius 1 is 1.00 bits per heavy atom. The van der Waals surface area contributed by atoms with E-state index in [-0.39, 0.29) is 17.4 Å². The number of piperidine rings is 1. The van der Waals surface area contributed by atoms with Gasteiger partial charge in [0.1, 0.15) is 11.8 Å². The predicted molar refractivity (Wildman–Crippen MR) is 151 cm³/mol. The largest absolute Gasteiger partial charge is 0.497 e. The molecule has 0 aliphatic carbocycles. The normalized spacial score (nSPS) is 15.8. The third-order valence-corrected chi connectivity index (χ3v) is 8.03. The molecule has 9 nitrogen and oxygen atoms in total. The van der Waals surface area contributed by atoms with Gasteiger partial charge >= 0.3 is 0 Å². The maximum absolute atomic E-state index is 12.7. The molecule has 0 unspecified atom stereocenters. The number of rotatable bonds is 4. The van der Waals surface area contributed by atoms with E-state index in [4.69, 9.17) is 4.74 Å². The van der Waals surface area contributed by atoms with Crippen LogP contribution in [0.25, 0.3) is 10.9 Å². The molecule has 38 heavy (non-hydrogen) atoms. The van der Waals surface area contributed by atoms with Crippen molar-refractivity contribution in [1.29, 1.82) is 5.26 Å². The number of carbonyl (C=O) groups excluding carboxylic acids is 1. The molecule has 1 amide bonds. The smallest absolute Gasteiger partial charge is 0.253 e. The summed E-state index contributed by atoms with van der Waals surface area (Å²) in [5.41, 5.74) is 5.88. The molecule has 3 heterocycles. The standard InChI is InChI=1S/C29H34N6O3/c1-18-12-22-24(33(4)29(18)37)14-21(38-5)15-25(22)35-11-10-32(3)26-16-23(20(17-30)13-27(26)35)34-8-6-19(7-9-34)28(36)31-2/h12-16,19H,6-11H2,1-5H3,(H,31,36). The molecule has 5 rings (SSSR count). The molecular weight excluding hydrogens is 480 g/mol. The fraction of sp³-hybridized carbons (Fsp3) is 0.414. The average molecular weight is 515 g/mol. The van der Waals surface area contributed by atoms with Crippen molar-refractivity contribution in [2.75, 3.05) is 62.1 Å².